The molecule has 1 atom stereocenters. The molecule has 0 saturated heterocycles. The smallest absolute Gasteiger partial charge is 0.403 e. The first-order valence-electron chi connectivity index (χ1n) is 5.44. The molecule has 1 unspecified atom stereocenters. The highest BCUT2D eigenvalue weighted by Gasteiger charge is 2.60. The van der Waals surface area contributed by atoms with Gasteiger partial charge in [0.05, 0.1) is 13.2 Å². The lowest BCUT2D eigenvalue weighted by atomic mass is 9.91. The zero-order chi connectivity index (χ0) is 15.7. The Hall–Kier alpha value is -1.44. The molecule has 0 radical (unpaired) electrons. The van der Waals surface area contributed by atoms with Crippen molar-refractivity contribution in [2.45, 2.75) is 25.4 Å². The maximum atomic E-state index is 12.5. The van der Waals surface area contributed by atoms with Crippen LogP contribution in [0.5, 0.6) is 5.75 Å². The van der Waals surface area contributed by atoms with Crippen LogP contribution in [0.15, 0.2) is 18.2 Å². The van der Waals surface area contributed by atoms with Crippen molar-refractivity contribution >= 4 is 0 Å². The van der Waals surface area contributed by atoms with Gasteiger partial charge in [-0.2, -0.15) is 26.3 Å². The van der Waals surface area contributed by atoms with Gasteiger partial charge in [0, 0.05) is 0 Å². The Morgan fingerprint density at radius 2 is 1.55 bits per heavy atom. The summed E-state index contributed by atoms with van der Waals surface area (Å²) in [5.41, 5.74) is -0.360. The van der Waals surface area contributed by atoms with E-state index in [1.54, 1.807) is 0 Å². The van der Waals surface area contributed by atoms with Crippen molar-refractivity contribution in [2.75, 3.05) is 7.11 Å². The summed E-state index contributed by atoms with van der Waals surface area (Å²) in [5, 5.41) is 9.52. The molecule has 0 amide bonds. The van der Waals surface area contributed by atoms with E-state index in [1.807, 2.05) is 0 Å². The lowest BCUT2D eigenvalue weighted by Gasteiger charge is -2.28. The van der Waals surface area contributed by atoms with E-state index in [-0.39, 0.29) is 11.3 Å². The molecule has 1 N–H and O–H groups in total. The number of rotatable bonds is 3. The first-order valence-corrected chi connectivity index (χ1v) is 5.44. The lowest BCUT2D eigenvalue weighted by Crippen LogP contribution is -2.41. The fourth-order valence-electron chi connectivity index (χ4n) is 1.83. The number of methoxy groups -OCH3 is 1. The van der Waals surface area contributed by atoms with E-state index >= 15 is 0 Å². The zero-order valence-corrected chi connectivity index (χ0v) is 10.5. The van der Waals surface area contributed by atoms with Gasteiger partial charge in [-0.15, -0.1) is 0 Å². The Kier molecular flexibility index (Phi) is 4.58. The van der Waals surface area contributed by atoms with Gasteiger partial charge in [-0.3, -0.25) is 0 Å². The van der Waals surface area contributed by atoms with Crippen LogP contribution in [0.1, 0.15) is 17.2 Å². The Labute approximate surface area is 111 Å². The molecule has 8 heteroatoms. The third-order valence-corrected chi connectivity index (χ3v) is 2.82. The van der Waals surface area contributed by atoms with Gasteiger partial charge < -0.3 is 9.84 Å². The molecule has 0 spiro atoms. The number of halogens is 6. The topological polar surface area (TPSA) is 29.5 Å². The second-order valence-electron chi connectivity index (χ2n) is 4.23. The first kappa shape index (κ1) is 16.6. The van der Waals surface area contributed by atoms with E-state index in [9.17, 15) is 31.4 Å². The van der Waals surface area contributed by atoms with E-state index < -0.39 is 29.9 Å². The van der Waals surface area contributed by atoms with Crippen molar-refractivity contribution < 1.29 is 36.2 Å². The normalized spacial score (nSPS) is 14.5. The van der Waals surface area contributed by atoms with Crippen LogP contribution in [0.4, 0.5) is 26.3 Å². The van der Waals surface area contributed by atoms with Crippen LogP contribution in [0, 0.1) is 12.8 Å². The molecule has 0 bridgehead atoms. The van der Waals surface area contributed by atoms with Gasteiger partial charge in [-0.1, -0.05) is 6.07 Å². The molecule has 0 aromatic heterocycles. The van der Waals surface area contributed by atoms with E-state index in [4.69, 9.17) is 4.74 Å². The molecule has 1 rings (SSSR count). The van der Waals surface area contributed by atoms with Crippen molar-refractivity contribution in [2.24, 2.45) is 5.92 Å². The highest BCUT2D eigenvalue weighted by Crippen LogP contribution is 2.47. The maximum absolute atomic E-state index is 12.5. The quantitative estimate of drug-likeness (QED) is 0.861. The van der Waals surface area contributed by atoms with Crippen LogP contribution in [-0.4, -0.2) is 24.6 Å². The summed E-state index contributed by atoms with van der Waals surface area (Å²) in [4.78, 5) is 0. The molecule has 0 heterocycles. The van der Waals surface area contributed by atoms with E-state index in [2.05, 4.69) is 0 Å². The number of alkyl halides is 6. The number of aryl methyl sites for hydroxylation is 1. The highest BCUT2D eigenvalue weighted by atomic mass is 19.4. The molecule has 2 nitrogen and oxygen atoms in total. The summed E-state index contributed by atoms with van der Waals surface area (Å²) in [6, 6.07) is 3.43. The summed E-state index contributed by atoms with van der Waals surface area (Å²) >= 11 is 0. The summed E-state index contributed by atoms with van der Waals surface area (Å²) in [7, 11) is 1.30. The van der Waals surface area contributed by atoms with Gasteiger partial charge in [0.1, 0.15) is 5.75 Å². The first-order chi connectivity index (χ1) is 8.98. The predicted molar refractivity (Wildman–Crippen MR) is 58.3 cm³/mol. The Morgan fingerprint density at radius 1 is 1.05 bits per heavy atom. The van der Waals surface area contributed by atoms with Crippen LogP contribution < -0.4 is 4.74 Å². The van der Waals surface area contributed by atoms with Crippen molar-refractivity contribution in [3.8, 4) is 5.75 Å². The molecule has 0 aliphatic heterocycles. The molecule has 1 aromatic carbocycles. The molecule has 0 fully saturated rings. The maximum Gasteiger partial charge on any atom is 0.403 e. The number of hydrogen-bond donors (Lipinski definition) is 1. The molecule has 0 aliphatic rings. The third kappa shape index (κ3) is 3.56. The lowest BCUT2D eigenvalue weighted by molar-refractivity contribution is -0.307. The average Bonchev–Trinajstić information content (AvgIpc) is 2.24. The van der Waals surface area contributed by atoms with Gasteiger partial charge >= 0.3 is 12.4 Å². The molecule has 0 aliphatic carbocycles. The molecular weight excluding hydrogens is 290 g/mol. The fourth-order valence-corrected chi connectivity index (χ4v) is 1.83. The summed E-state index contributed by atoms with van der Waals surface area (Å²) < 4.78 is 79.9. The van der Waals surface area contributed by atoms with E-state index in [0.29, 0.717) is 0 Å². The largest absolute Gasteiger partial charge is 0.497 e. The number of hydrogen-bond acceptors (Lipinski definition) is 2. The van der Waals surface area contributed by atoms with E-state index in [0.717, 1.165) is 6.07 Å². The highest BCUT2D eigenvalue weighted by molar-refractivity contribution is 5.36. The molecule has 1 aromatic rings. The van der Waals surface area contributed by atoms with Crippen LogP contribution >= 0.6 is 0 Å². The van der Waals surface area contributed by atoms with Gasteiger partial charge in [-0.05, 0) is 30.2 Å². The summed E-state index contributed by atoms with van der Waals surface area (Å²) in [6.07, 6.45) is -13.9. The van der Waals surface area contributed by atoms with Crippen LogP contribution in [0.2, 0.25) is 0 Å². The molecule has 20 heavy (non-hydrogen) atoms. The van der Waals surface area contributed by atoms with Gasteiger partial charge in [0.2, 0.25) is 0 Å². The van der Waals surface area contributed by atoms with Crippen molar-refractivity contribution in [3.63, 3.8) is 0 Å². The Bertz CT molecular complexity index is 452. The Morgan fingerprint density at radius 3 is 1.90 bits per heavy atom. The average molecular weight is 302 g/mol. The Balaban J connectivity index is 3.23. The predicted octanol–water partition coefficient (Wildman–Crippen LogP) is 3.78. The molecule has 114 valence electrons. The monoisotopic (exact) mass is 302 g/mol. The second-order valence-corrected chi connectivity index (χ2v) is 4.23. The summed E-state index contributed by atoms with van der Waals surface area (Å²) in [6.45, 7) is 1.30. The minimum absolute atomic E-state index is 0.0790. The molecule has 0 saturated carbocycles. The minimum Gasteiger partial charge on any atom is -0.497 e. The van der Waals surface area contributed by atoms with Crippen LogP contribution in [0.3, 0.4) is 0 Å². The minimum atomic E-state index is -5.59. The van der Waals surface area contributed by atoms with Crippen LogP contribution in [-0.2, 0) is 0 Å². The number of ether oxygens (including phenoxy) is 1. The second kappa shape index (κ2) is 5.51. The van der Waals surface area contributed by atoms with Gasteiger partial charge in [0.25, 0.3) is 0 Å². The third-order valence-electron chi connectivity index (χ3n) is 2.82. The zero-order valence-electron chi connectivity index (χ0n) is 10.5. The van der Waals surface area contributed by atoms with Crippen molar-refractivity contribution in [3.05, 3.63) is 29.3 Å². The number of benzene rings is 1. The number of aliphatic hydroxyl groups excluding tert-OH is 1. The van der Waals surface area contributed by atoms with Crippen molar-refractivity contribution in [1.82, 2.24) is 0 Å². The SMILES string of the molecule is COc1ccc(C(O)C(C(F)(F)F)C(F)(F)F)c(C)c1. The van der Waals surface area contributed by atoms with Gasteiger partial charge in [0.15, 0.2) is 5.92 Å². The van der Waals surface area contributed by atoms with Gasteiger partial charge in [-0.25, -0.2) is 0 Å². The molecular formula is C12H12F6O2. The standard InChI is InChI=1S/C12H12F6O2/c1-6-5-7(20-2)3-4-8(6)9(19)10(11(13,14)15)12(16,17)18/h3-5,9-10,19H,1-2H3. The number of aliphatic hydroxyl groups is 1. The fraction of sp³-hybridized carbons (Fsp3) is 0.500. The van der Waals surface area contributed by atoms with Crippen molar-refractivity contribution in [1.29, 1.82) is 0 Å². The van der Waals surface area contributed by atoms with Crippen LogP contribution in [0.25, 0.3) is 0 Å². The van der Waals surface area contributed by atoms with E-state index in [1.165, 1.54) is 26.2 Å². The summed E-state index contributed by atoms with van der Waals surface area (Å²) in [5.74, 6) is -3.56.